The van der Waals surface area contributed by atoms with Gasteiger partial charge in [-0.05, 0) is 41.9 Å². The molecule has 4 heteroatoms. The molecule has 2 rings (SSSR count). The first kappa shape index (κ1) is 16.1. The molecule has 1 amide bonds. The summed E-state index contributed by atoms with van der Waals surface area (Å²) in [4.78, 5) is 11.7. The summed E-state index contributed by atoms with van der Waals surface area (Å²) in [5.74, 6) is 0.525. The molecule has 22 heavy (non-hydrogen) atoms. The topological polar surface area (TPSA) is 66.9 Å². The standard InChI is InChI=1S/C18H18N2OS/c19-13-15-8-10-16(11-9-15)17(18(20)21)22-12-4-7-14-5-2-1-3-6-14/h1-3,5-6,8-11,17H,4,7,12H2,(H2,20,21)/t17-/m0/s1. The summed E-state index contributed by atoms with van der Waals surface area (Å²) in [5.41, 5.74) is 8.25. The lowest BCUT2D eigenvalue weighted by Gasteiger charge is -2.13. The minimum Gasteiger partial charge on any atom is -0.368 e. The van der Waals surface area contributed by atoms with Gasteiger partial charge in [0.2, 0.25) is 5.91 Å². The van der Waals surface area contributed by atoms with Gasteiger partial charge >= 0.3 is 0 Å². The number of carbonyl (C=O) groups excluding carboxylic acids is 1. The number of hydrogen-bond acceptors (Lipinski definition) is 3. The zero-order valence-electron chi connectivity index (χ0n) is 12.2. The quantitative estimate of drug-likeness (QED) is 0.796. The lowest BCUT2D eigenvalue weighted by molar-refractivity contribution is -0.117. The van der Waals surface area contributed by atoms with E-state index in [1.54, 1.807) is 36.0 Å². The zero-order valence-corrected chi connectivity index (χ0v) is 13.1. The fraction of sp³-hybridized carbons (Fsp3) is 0.222. The van der Waals surface area contributed by atoms with Gasteiger partial charge in [-0.25, -0.2) is 0 Å². The predicted molar refractivity (Wildman–Crippen MR) is 90.3 cm³/mol. The molecule has 0 fully saturated rings. The first-order chi connectivity index (χ1) is 10.7. The summed E-state index contributed by atoms with van der Waals surface area (Å²) >= 11 is 1.56. The van der Waals surface area contributed by atoms with Crippen molar-refractivity contribution in [3.63, 3.8) is 0 Å². The monoisotopic (exact) mass is 310 g/mol. The molecule has 3 nitrogen and oxygen atoms in total. The molecule has 112 valence electrons. The van der Waals surface area contributed by atoms with Crippen molar-refractivity contribution in [2.45, 2.75) is 18.1 Å². The van der Waals surface area contributed by atoms with E-state index < -0.39 is 0 Å². The molecule has 0 saturated heterocycles. The average molecular weight is 310 g/mol. The summed E-state index contributed by atoms with van der Waals surface area (Å²) in [6.07, 6.45) is 1.99. The molecular formula is C18H18N2OS. The van der Waals surface area contributed by atoms with Gasteiger partial charge in [0.1, 0.15) is 5.25 Å². The first-order valence-electron chi connectivity index (χ1n) is 7.15. The number of nitrogens with two attached hydrogens (primary N) is 1. The van der Waals surface area contributed by atoms with Crippen LogP contribution in [0.2, 0.25) is 0 Å². The lowest BCUT2D eigenvalue weighted by atomic mass is 10.1. The molecule has 0 aliphatic heterocycles. The normalized spacial score (nSPS) is 11.6. The van der Waals surface area contributed by atoms with Crippen LogP contribution in [0.1, 0.15) is 28.4 Å². The van der Waals surface area contributed by atoms with Crippen molar-refractivity contribution in [3.05, 3.63) is 71.3 Å². The Morgan fingerprint density at radius 2 is 1.82 bits per heavy atom. The SMILES string of the molecule is N#Cc1ccc([C@H](SCCCc2ccccc2)C(N)=O)cc1. The Bertz CT molecular complexity index is 647. The van der Waals surface area contributed by atoms with Crippen molar-refractivity contribution >= 4 is 17.7 Å². The highest BCUT2D eigenvalue weighted by atomic mass is 32.2. The average Bonchev–Trinajstić information content (AvgIpc) is 2.56. The highest BCUT2D eigenvalue weighted by Gasteiger charge is 2.17. The minimum atomic E-state index is -0.358. The number of benzene rings is 2. The van der Waals surface area contributed by atoms with Gasteiger partial charge < -0.3 is 5.73 Å². The molecule has 0 bridgehead atoms. The molecule has 2 aromatic rings. The maximum absolute atomic E-state index is 11.7. The molecule has 2 aromatic carbocycles. The minimum absolute atomic E-state index is 0.339. The Kier molecular flexibility index (Phi) is 6.05. The van der Waals surface area contributed by atoms with Crippen molar-refractivity contribution in [2.24, 2.45) is 5.73 Å². The van der Waals surface area contributed by atoms with E-state index in [-0.39, 0.29) is 11.2 Å². The van der Waals surface area contributed by atoms with Crippen LogP contribution in [-0.2, 0) is 11.2 Å². The van der Waals surface area contributed by atoms with Crippen LogP contribution in [0, 0.1) is 11.3 Å². The number of nitrogens with zero attached hydrogens (tertiary/aromatic N) is 1. The summed E-state index contributed by atoms with van der Waals surface area (Å²) in [7, 11) is 0. The number of nitriles is 1. The molecular weight excluding hydrogens is 292 g/mol. The van der Waals surface area contributed by atoms with Crippen LogP contribution in [-0.4, -0.2) is 11.7 Å². The van der Waals surface area contributed by atoms with Gasteiger partial charge in [-0.2, -0.15) is 5.26 Å². The number of aryl methyl sites for hydroxylation is 1. The molecule has 0 aromatic heterocycles. The number of amides is 1. The second-order valence-electron chi connectivity index (χ2n) is 4.98. The molecule has 0 heterocycles. The number of thioether (sulfide) groups is 1. The van der Waals surface area contributed by atoms with E-state index >= 15 is 0 Å². The highest BCUT2D eigenvalue weighted by molar-refractivity contribution is 8.00. The van der Waals surface area contributed by atoms with Gasteiger partial charge in [0.05, 0.1) is 11.6 Å². The second kappa shape index (κ2) is 8.26. The van der Waals surface area contributed by atoms with Crippen molar-refractivity contribution in [1.29, 1.82) is 5.26 Å². The van der Waals surface area contributed by atoms with Crippen LogP contribution in [0.3, 0.4) is 0 Å². The van der Waals surface area contributed by atoms with Gasteiger partial charge in [-0.3, -0.25) is 4.79 Å². The van der Waals surface area contributed by atoms with Crippen LogP contribution < -0.4 is 5.73 Å². The van der Waals surface area contributed by atoms with E-state index in [0.29, 0.717) is 5.56 Å². The molecule has 2 N–H and O–H groups in total. The third-order valence-electron chi connectivity index (χ3n) is 3.34. The third-order valence-corrected chi connectivity index (χ3v) is 4.70. The molecule has 0 unspecified atom stereocenters. The predicted octanol–water partition coefficient (Wildman–Crippen LogP) is 3.45. The summed E-state index contributed by atoms with van der Waals surface area (Å²) in [5, 5.41) is 8.45. The Morgan fingerprint density at radius 1 is 1.14 bits per heavy atom. The van der Waals surface area contributed by atoms with E-state index in [1.807, 2.05) is 18.2 Å². The Morgan fingerprint density at radius 3 is 2.41 bits per heavy atom. The lowest BCUT2D eigenvalue weighted by Crippen LogP contribution is -2.19. The zero-order chi connectivity index (χ0) is 15.8. The largest absolute Gasteiger partial charge is 0.368 e. The number of rotatable bonds is 7. The fourth-order valence-corrected chi connectivity index (χ4v) is 3.26. The molecule has 0 radical (unpaired) electrons. The van der Waals surface area contributed by atoms with E-state index in [4.69, 9.17) is 11.0 Å². The summed E-state index contributed by atoms with van der Waals surface area (Å²) < 4.78 is 0. The maximum atomic E-state index is 11.7. The van der Waals surface area contributed by atoms with Crippen LogP contribution in [0.4, 0.5) is 0 Å². The van der Waals surface area contributed by atoms with Gasteiger partial charge in [0.15, 0.2) is 0 Å². The number of carbonyl (C=O) groups is 1. The van der Waals surface area contributed by atoms with Crippen LogP contribution in [0.25, 0.3) is 0 Å². The maximum Gasteiger partial charge on any atom is 0.235 e. The number of primary amides is 1. The second-order valence-corrected chi connectivity index (χ2v) is 6.19. The molecule has 0 aliphatic rings. The van der Waals surface area contributed by atoms with Gasteiger partial charge in [0.25, 0.3) is 0 Å². The van der Waals surface area contributed by atoms with Gasteiger partial charge in [0, 0.05) is 0 Å². The Hall–Kier alpha value is -2.25. The Labute approximate surface area is 135 Å². The van der Waals surface area contributed by atoms with Gasteiger partial charge in [-0.1, -0.05) is 42.5 Å². The summed E-state index contributed by atoms with van der Waals surface area (Å²) in [6.45, 7) is 0. The molecule has 0 spiro atoms. The van der Waals surface area contributed by atoms with Crippen LogP contribution in [0.15, 0.2) is 54.6 Å². The molecule has 0 saturated carbocycles. The first-order valence-corrected chi connectivity index (χ1v) is 8.20. The van der Waals surface area contributed by atoms with E-state index in [2.05, 4.69) is 18.2 Å². The van der Waals surface area contributed by atoms with Crippen LogP contribution >= 0.6 is 11.8 Å². The smallest absolute Gasteiger partial charge is 0.235 e. The molecule has 1 atom stereocenters. The van der Waals surface area contributed by atoms with E-state index in [0.717, 1.165) is 24.2 Å². The fourth-order valence-electron chi connectivity index (χ4n) is 2.20. The number of hydrogen-bond donors (Lipinski definition) is 1. The van der Waals surface area contributed by atoms with E-state index in [9.17, 15) is 4.79 Å². The van der Waals surface area contributed by atoms with Crippen LogP contribution in [0.5, 0.6) is 0 Å². The molecule has 0 aliphatic carbocycles. The van der Waals surface area contributed by atoms with Crippen molar-refractivity contribution in [2.75, 3.05) is 5.75 Å². The Balaban J connectivity index is 1.89. The van der Waals surface area contributed by atoms with Gasteiger partial charge in [-0.15, -0.1) is 11.8 Å². The summed E-state index contributed by atoms with van der Waals surface area (Å²) in [6, 6.07) is 19.4. The van der Waals surface area contributed by atoms with Crippen molar-refractivity contribution < 1.29 is 4.79 Å². The third kappa shape index (κ3) is 4.64. The van der Waals surface area contributed by atoms with Crippen molar-refractivity contribution in [1.82, 2.24) is 0 Å². The van der Waals surface area contributed by atoms with Crippen molar-refractivity contribution in [3.8, 4) is 6.07 Å². The van der Waals surface area contributed by atoms with E-state index in [1.165, 1.54) is 5.56 Å². The highest BCUT2D eigenvalue weighted by Crippen LogP contribution is 2.29.